The third-order valence-corrected chi connectivity index (χ3v) is 6.52. The Morgan fingerprint density at radius 1 is 0.969 bits per heavy atom. The van der Waals surface area contributed by atoms with Crippen LogP contribution in [0.1, 0.15) is 23.7 Å². The van der Waals surface area contributed by atoms with Gasteiger partial charge in [-0.1, -0.05) is 23.2 Å². The van der Waals surface area contributed by atoms with Crippen LogP contribution in [0.4, 0.5) is 11.4 Å². The summed E-state index contributed by atoms with van der Waals surface area (Å²) in [6, 6.07) is 11.4. The summed E-state index contributed by atoms with van der Waals surface area (Å²) in [7, 11) is 0. The van der Waals surface area contributed by atoms with Gasteiger partial charge in [0.05, 0.1) is 40.4 Å². The predicted octanol–water partition coefficient (Wildman–Crippen LogP) is 3.62. The van der Waals surface area contributed by atoms with E-state index in [1.54, 1.807) is 37.3 Å². The average molecular weight is 476 g/mol. The highest BCUT2D eigenvalue weighted by atomic mass is 35.5. The monoisotopic (exact) mass is 475 g/mol. The Hall–Kier alpha value is -2.61. The molecule has 0 N–H and O–H groups in total. The van der Waals surface area contributed by atoms with Gasteiger partial charge in [-0.05, 0) is 49.4 Å². The molecule has 4 rings (SSSR count). The van der Waals surface area contributed by atoms with E-state index < -0.39 is 12.0 Å². The van der Waals surface area contributed by atoms with E-state index in [-0.39, 0.29) is 24.8 Å². The predicted molar refractivity (Wildman–Crippen MR) is 124 cm³/mol. The number of benzene rings is 2. The number of esters is 1. The van der Waals surface area contributed by atoms with E-state index in [0.717, 1.165) is 5.69 Å². The zero-order chi connectivity index (χ0) is 22.8. The molecule has 2 aromatic carbocycles. The molecule has 2 amide bonds. The molecule has 9 heteroatoms. The van der Waals surface area contributed by atoms with E-state index in [1.165, 1.54) is 4.90 Å². The number of halogens is 2. The van der Waals surface area contributed by atoms with Crippen molar-refractivity contribution in [2.24, 2.45) is 0 Å². The summed E-state index contributed by atoms with van der Waals surface area (Å²) >= 11 is 12.1. The van der Waals surface area contributed by atoms with Gasteiger partial charge in [0.15, 0.2) is 0 Å². The first-order valence-electron chi connectivity index (χ1n) is 10.5. The van der Waals surface area contributed by atoms with Crippen LogP contribution in [0.15, 0.2) is 42.5 Å². The van der Waals surface area contributed by atoms with Crippen molar-refractivity contribution in [1.29, 1.82) is 0 Å². The molecule has 2 aliphatic rings. The molecule has 2 aromatic rings. The molecular weight excluding hydrogens is 453 g/mol. The fraction of sp³-hybridized carbons (Fsp3) is 0.348. The summed E-state index contributed by atoms with van der Waals surface area (Å²) in [6.07, 6.45) is 0.144. The highest BCUT2D eigenvalue weighted by molar-refractivity contribution is 6.42. The van der Waals surface area contributed by atoms with Crippen LogP contribution >= 0.6 is 23.2 Å². The van der Waals surface area contributed by atoms with E-state index in [1.807, 2.05) is 12.1 Å². The van der Waals surface area contributed by atoms with E-state index in [9.17, 15) is 14.4 Å². The smallest absolute Gasteiger partial charge is 0.338 e. The van der Waals surface area contributed by atoms with Gasteiger partial charge in [0.2, 0.25) is 5.91 Å². The molecule has 168 valence electrons. The first-order valence-corrected chi connectivity index (χ1v) is 11.2. The lowest BCUT2D eigenvalue weighted by atomic mass is 10.1. The molecule has 32 heavy (non-hydrogen) atoms. The van der Waals surface area contributed by atoms with E-state index in [0.29, 0.717) is 47.5 Å². The number of carbonyl (C=O) groups is 3. The Morgan fingerprint density at radius 3 is 2.25 bits per heavy atom. The lowest BCUT2D eigenvalue weighted by molar-refractivity contribution is -0.123. The van der Waals surface area contributed by atoms with Gasteiger partial charge in [-0.2, -0.15) is 0 Å². The van der Waals surface area contributed by atoms with Gasteiger partial charge >= 0.3 is 5.97 Å². The second-order valence-electron chi connectivity index (χ2n) is 7.68. The van der Waals surface area contributed by atoms with Crippen LogP contribution in [-0.2, 0) is 14.3 Å². The molecule has 0 bridgehead atoms. The maximum absolute atomic E-state index is 13.1. The molecule has 0 aromatic heterocycles. The number of hydrogen-bond donors (Lipinski definition) is 0. The van der Waals surface area contributed by atoms with Gasteiger partial charge in [0.25, 0.3) is 5.91 Å². The minimum atomic E-state index is -0.483. The van der Waals surface area contributed by atoms with E-state index >= 15 is 0 Å². The summed E-state index contributed by atoms with van der Waals surface area (Å²) < 4.78 is 4.97. The zero-order valence-corrected chi connectivity index (χ0v) is 19.1. The number of piperazine rings is 1. The number of anilines is 2. The minimum absolute atomic E-state index is 0.144. The molecular formula is C23H23Cl2N3O4. The van der Waals surface area contributed by atoms with Crippen LogP contribution in [0.5, 0.6) is 0 Å². The SMILES string of the molecule is CCOC(=O)c1ccc(N2C(=O)C[C@H](N3CCN(c4ccc(Cl)c(Cl)c4)CC3)C2=O)cc1. The van der Waals surface area contributed by atoms with E-state index in [4.69, 9.17) is 27.9 Å². The van der Waals surface area contributed by atoms with Gasteiger partial charge in [-0.15, -0.1) is 0 Å². The zero-order valence-electron chi connectivity index (χ0n) is 17.6. The highest BCUT2D eigenvalue weighted by Gasteiger charge is 2.43. The van der Waals surface area contributed by atoms with Crippen molar-refractivity contribution >= 4 is 52.4 Å². The van der Waals surface area contributed by atoms with Crippen molar-refractivity contribution in [1.82, 2.24) is 4.90 Å². The molecule has 0 spiro atoms. The summed E-state index contributed by atoms with van der Waals surface area (Å²) in [5.41, 5.74) is 1.82. The quantitative estimate of drug-likeness (QED) is 0.485. The van der Waals surface area contributed by atoms with Crippen molar-refractivity contribution in [3.05, 3.63) is 58.1 Å². The molecule has 7 nitrogen and oxygen atoms in total. The number of rotatable bonds is 5. The van der Waals surface area contributed by atoms with Crippen molar-refractivity contribution < 1.29 is 19.1 Å². The molecule has 2 fully saturated rings. The van der Waals surface area contributed by atoms with Gasteiger partial charge in [-0.25, -0.2) is 9.69 Å². The summed E-state index contributed by atoms with van der Waals surface area (Å²) in [4.78, 5) is 43.1. The molecule has 1 atom stereocenters. The second-order valence-corrected chi connectivity index (χ2v) is 8.49. The first-order chi connectivity index (χ1) is 15.4. The Bertz CT molecular complexity index is 1040. The fourth-order valence-corrected chi connectivity index (χ4v) is 4.40. The maximum atomic E-state index is 13.1. The number of nitrogens with zero attached hydrogens (tertiary/aromatic N) is 3. The standard InChI is InChI=1S/C23H23Cl2N3O4/c1-2-32-23(31)15-3-5-16(6-4-15)28-21(29)14-20(22(28)30)27-11-9-26(10-12-27)17-7-8-18(24)19(25)13-17/h3-8,13,20H,2,9-12,14H2,1H3/t20-/m0/s1. The van der Waals surface area contributed by atoms with Crippen LogP contribution in [0, 0.1) is 0 Å². The molecule has 0 unspecified atom stereocenters. The average Bonchev–Trinajstić information content (AvgIpc) is 3.10. The van der Waals surface area contributed by atoms with Gasteiger partial charge in [0.1, 0.15) is 0 Å². The summed E-state index contributed by atoms with van der Waals surface area (Å²) in [5.74, 6) is -0.909. The minimum Gasteiger partial charge on any atom is -0.462 e. The third-order valence-electron chi connectivity index (χ3n) is 5.78. The Morgan fingerprint density at radius 2 is 1.62 bits per heavy atom. The Balaban J connectivity index is 1.41. The Kier molecular flexibility index (Phi) is 6.69. The first kappa shape index (κ1) is 22.6. The molecule has 0 aliphatic carbocycles. The van der Waals surface area contributed by atoms with Crippen LogP contribution < -0.4 is 9.80 Å². The normalized spacial score (nSPS) is 19.5. The Labute approximate surface area is 196 Å². The number of ether oxygens (including phenoxy) is 1. The molecule has 0 radical (unpaired) electrons. The number of hydrogen-bond acceptors (Lipinski definition) is 6. The van der Waals surface area contributed by atoms with Crippen molar-refractivity contribution in [3.63, 3.8) is 0 Å². The number of amides is 2. The topological polar surface area (TPSA) is 70.2 Å². The van der Waals surface area contributed by atoms with Crippen molar-refractivity contribution in [3.8, 4) is 0 Å². The highest BCUT2D eigenvalue weighted by Crippen LogP contribution is 2.30. The van der Waals surface area contributed by atoms with Crippen LogP contribution in [-0.4, -0.2) is 61.5 Å². The third kappa shape index (κ3) is 4.46. The molecule has 2 heterocycles. The second kappa shape index (κ2) is 9.48. The number of carbonyl (C=O) groups excluding carboxylic acids is 3. The van der Waals surface area contributed by atoms with Crippen molar-refractivity contribution in [2.75, 3.05) is 42.6 Å². The van der Waals surface area contributed by atoms with Crippen LogP contribution in [0.25, 0.3) is 0 Å². The maximum Gasteiger partial charge on any atom is 0.338 e. The van der Waals surface area contributed by atoms with Gasteiger partial charge in [-0.3, -0.25) is 14.5 Å². The summed E-state index contributed by atoms with van der Waals surface area (Å²) in [5, 5.41) is 1.02. The van der Waals surface area contributed by atoms with Crippen LogP contribution in [0.3, 0.4) is 0 Å². The number of imide groups is 1. The van der Waals surface area contributed by atoms with Crippen molar-refractivity contribution in [2.45, 2.75) is 19.4 Å². The lowest BCUT2D eigenvalue weighted by Gasteiger charge is -2.38. The largest absolute Gasteiger partial charge is 0.462 e. The molecule has 0 saturated carbocycles. The van der Waals surface area contributed by atoms with Gasteiger partial charge < -0.3 is 9.64 Å². The fourth-order valence-electron chi connectivity index (χ4n) is 4.11. The summed E-state index contributed by atoms with van der Waals surface area (Å²) in [6.45, 7) is 4.75. The molecule has 2 aliphatic heterocycles. The van der Waals surface area contributed by atoms with Gasteiger partial charge in [0, 0.05) is 31.9 Å². The lowest BCUT2D eigenvalue weighted by Crippen LogP contribution is -2.52. The van der Waals surface area contributed by atoms with E-state index in [2.05, 4.69) is 9.80 Å². The molecule has 2 saturated heterocycles. The van der Waals surface area contributed by atoms with Crippen LogP contribution in [0.2, 0.25) is 10.0 Å².